The van der Waals surface area contributed by atoms with Crippen LogP contribution in [0, 0.1) is 0 Å². The normalized spacial score (nSPS) is 22.4. The molecule has 2 fully saturated rings. The predicted molar refractivity (Wildman–Crippen MR) is 68.0 cm³/mol. The van der Waals surface area contributed by atoms with Crippen LogP contribution in [0.15, 0.2) is 27.5 Å². The predicted octanol–water partition coefficient (Wildman–Crippen LogP) is 2.52. The maximum Gasteiger partial charge on any atom is 0.257 e. The summed E-state index contributed by atoms with van der Waals surface area (Å²) in [7, 11) is 0. The summed E-state index contributed by atoms with van der Waals surface area (Å²) < 4.78 is 10.3. The molecule has 1 aliphatic carbocycles. The Morgan fingerprint density at radius 1 is 1.35 bits per heavy atom. The zero-order chi connectivity index (χ0) is 13.5. The van der Waals surface area contributed by atoms with Gasteiger partial charge < -0.3 is 13.8 Å². The standard InChI is InChI=1S/C14H15N3O3/c18-14(10-5-7-19-8-10)17-6-1-2-11(17)12-15-13(20-16-12)9-3-4-9/h5,7-9,11H,1-4,6H2. The van der Waals surface area contributed by atoms with Crippen LogP contribution in [0.3, 0.4) is 0 Å². The number of furan rings is 1. The number of carbonyl (C=O) groups is 1. The smallest absolute Gasteiger partial charge is 0.257 e. The van der Waals surface area contributed by atoms with E-state index in [1.165, 1.54) is 12.5 Å². The quantitative estimate of drug-likeness (QED) is 0.859. The van der Waals surface area contributed by atoms with Crippen molar-refractivity contribution in [2.24, 2.45) is 0 Å². The van der Waals surface area contributed by atoms with E-state index in [9.17, 15) is 4.79 Å². The van der Waals surface area contributed by atoms with Gasteiger partial charge in [0.2, 0.25) is 5.89 Å². The van der Waals surface area contributed by atoms with Gasteiger partial charge in [-0.05, 0) is 31.7 Å². The molecule has 1 amide bonds. The third kappa shape index (κ3) is 1.92. The lowest BCUT2D eigenvalue weighted by Crippen LogP contribution is -2.30. The van der Waals surface area contributed by atoms with Crippen molar-refractivity contribution in [3.63, 3.8) is 0 Å². The zero-order valence-corrected chi connectivity index (χ0v) is 11.0. The first-order valence-corrected chi connectivity index (χ1v) is 6.99. The topological polar surface area (TPSA) is 72.4 Å². The van der Waals surface area contributed by atoms with Gasteiger partial charge in [0.25, 0.3) is 5.91 Å². The van der Waals surface area contributed by atoms with E-state index in [2.05, 4.69) is 10.1 Å². The van der Waals surface area contributed by atoms with Crippen LogP contribution >= 0.6 is 0 Å². The fraction of sp³-hybridized carbons (Fsp3) is 0.500. The molecule has 1 unspecified atom stereocenters. The number of carbonyl (C=O) groups excluding carboxylic acids is 1. The molecule has 20 heavy (non-hydrogen) atoms. The molecule has 0 radical (unpaired) electrons. The summed E-state index contributed by atoms with van der Waals surface area (Å²) in [6.07, 6.45) is 7.09. The molecule has 2 aromatic heterocycles. The molecule has 6 heteroatoms. The molecule has 1 saturated carbocycles. The molecule has 0 aromatic carbocycles. The summed E-state index contributed by atoms with van der Waals surface area (Å²) in [5.41, 5.74) is 0.572. The van der Waals surface area contributed by atoms with E-state index in [1.807, 2.05) is 4.90 Å². The highest BCUT2D eigenvalue weighted by atomic mass is 16.5. The first-order chi connectivity index (χ1) is 9.83. The molecular weight excluding hydrogens is 258 g/mol. The van der Waals surface area contributed by atoms with E-state index in [0.717, 1.165) is 38.1 Å². The lowest BCUT2D eigenvalue weighted by atomic mass is 10.2. The zero-order valence-electron chi connectivity index (χ0n) is 11.0. The van der Waals surface area contributed by atoms with Gasteiger partial charge in [0.05, 0.1) is 17.9 Å². The lowest BCUT2D eigenvalue weighted by molar-refractivity contribution is 0.0727. The van der Waals surface area contributed by atoms with Gasteiger partial charge in [-0.15, -0.1) is 0 Å². The first kappa shape index (κ1) is 11.7. The minimum Gasteiger partial charge on any atom is -0.472 e. The molecular formula is C14H15N3O3. The summed E-state index contributed by atoms with van der Waals surface area (Å²) in [4.78, 5) is 18.7. The summed E-state index contributed by atoms with van der Waals surface area (Å²) in [5, 5.41) is 4.07. The second kappa shape index (κ2) is 4.47. The summed E-state index contributed by atoms with van der Waals surface area (Å²) >= 11 is 0. The summed E-state index contributed by atoms with van der Waals surface area (Å²) in [6, 6.07) is 1.61. The van der Waals surface area contributed by atoms with Gasteiger partial charge >= 0.3 is 0 Å². The Labute approximate surface area is 115 Å². The molecule has 104 valence electrons. The van der Waals surface area contributed by atoms with Crippen molar-refractivity contribution in [2.75, 3.05) is 6.54 Å². The third-order valence-electron chi connectivity index (χ3n) is 3.96. The highest BCUT2D eigenvalue weighted by Crippen LogP contribution is 2.40. The van der Waals surface area contributed by atoms with Crippen molar-refractivity contribution in [3.05, 3.63) is 35.9 Å². The van der Waals surface area contributed by atoms with Crippen molar-refractivity contribution >= 4 is 5.91 Å². The Bertz CT molecular complexity index is 615. The first-order valence-electron chi connectivity index (χ1n) is 6.99. The molecule has 0 bridgehead atoms. The van der Waals surface area contributed by atoms with Crippen molar-refractivity contribution in [1.82, 2.24) is 15.0 Å². The molecule has 1 saturated heterocycles. The lowest BCUT2D eigenvalue weighted by Gasteiger charge is -2.21. The number of nitrogens with zero attached hydrogens (tertiary/aromatic N) is 3. The molecule has 6 nitrogen and oxygen atoms in total. The van der Waals surface area contributed by atoms with Gasteiger partial charge in [-0.3, -0.25) is 4.79 Å². The van der Waals surface area contributed by atoms with E-state index in [0.29, 0.717) is 17.3 Å². The molecule has 2 aliphatic rings. The Kier molecular flexibility index (Phi) is 2.61. The number of rotatable bonds is 3. The van der Waals surface area contributed by atoms with Crippen molar-refractivity contribution in [2.45, 2.75) is 37.6 Å². The fourth-order valence-electron chi connectivity index (χ4n) is 2.71. The maximum atomic E-state index is 12.4. The van der Waals surface area contributed by atoms with Crippen LogP contribution < -0.4 is 0 Å². The van der Waals surface area contributed by atoms with Crippen LogP contribution in [0.1, 0.15) is 59.7 Å². The van der Waals surface area contributed by atoms with Gasteiger partial charge in [0.15, 0.2) is 5.82 Å². The van der Waals surface area contributed by atoms with Gasteiger partial charge in [0, 0.05) is 12.5 Å². The van der Waals surface area contributed by atoms with Crippen molar-refractivity contribution in [1.29, 1.82) is 0 Å². The van der Waals surface area contributed by atoms with Crippen LogP contribution in [0.4, 0.5) is 0 Å². The van der Waals surface area contributed by atoms with Crippen LogP contribution in [0.2, 0.25) is 0 Å². The van der Waals surface area contributed by atoms with Gasteiger partial charge in [0.1, 0.15) is 6.26 Å². The Morgan fingerprint density at radius 3 is 3.00 bits per heavy atom. The second-order valence-corrected chi connectivity index (χ2v) is 5.43. The minimum absolute atomic E-state index is 0.0287. The second-order valence-electron chi connectivity index (χ2n) is 5.43. The van der Waals surface area contributed by atoms with E-state index in [-0.39, 0.29) is 11.9 Å². The van der Waals surface area contributed by atoms with Crippen LogP contribution in [0.25, 0.3) is 0 Å². The third-order valence-corrected chi connectivity index (χ3v) is 3.96. The van der Waals surface area contributed by atoms with E-state index in [1.54, 1.807) is 6.07 Å². The van der Waals surface area contributed by atoms with Crippen LogP contribution in [-0.4, -0.2) is 27.5 Å². The highest BCUT2D eigenvalue weighted by Gasteiger charge is 2.36. The Balaban J connectivity index is 1.58. The molecule has 0 N–H and O–H groups in total. The molecule has 2 aromatic rings. The number of likely N-dealkylation sites (tertiary alicyclic amines) is 1. The number of hydrogen-bond acceptors (Lipinski definition) is 5. The van der Waals surface area contributed by atoms with Crippen LogP contribution in [-0.2, 0) is 0 Å². The molecule has 4 rings (SSSR count). The molecule has 1 atom stereocenters. The molecule has 0 spiro atoms. The Hall–Kier alpha value is -2.11. The average Bonchev–Trinajstić information content (AvgIpc) is 2.97. The fourth-order valence-corrected chi connectivity index (χ4v) is 2.71. The number of hydrogen-bond donors (Lipinski definition) is 0. The summed E-state index contributed by atoms with van der Waals surface area (Å²) in [5.74, 6) is 1.78. The van der Waals surface area contributed by atoms with Gasteiger partial charge in [-0.2, -0.15) is 4.98 Å². The SMILES string of the molecule is O=C(c1ccoc1)N1CCCC1c1noc(C2CC2)n1. The minimum atomic E-state index is -0.0753. The summed E-state index contributed by atoms with van der Waals surface area (Å²) in [6.45, 7) is 0.724. The molecule has 3 heterocycles. The van der Waals surface area contributed by atoms with Gasteiger partial charge in [-0.1, -0.05) is 5.16 Å². The maximum absolute atomic E-state index is 12.4. The van der Waals surface area contributed by atoms with Crippen molar-refractivity contribution < 1.29 is 13.7 Å². The highest BCUT2D eigenvalue weighted by molar-refractivity contribution is 5.94. The van der Waals surface area contributed by atoms with E-state index in [4.69, 9.17) is 8.94 Å². The molecule has 1 aliphatic heterocycles. The number of aromatic nitrogens is 2. The van der Waals surface area contributed by atoms with Crippen LogP contribution in [0.5, 0.6) is 0 Å². The largest absolute Gasteiger partial charge is 0.472 e. The van der Waals surface area contributed by atoms with E-state index < -0.39 is 0 Å². The van der Waals surface area contributed by atoms with Crippen molar-refractivity contribution in [3.8, 4) is 0 Å². The number of amides is 1. The van der Waals surface area contributed by atoms with Gasteiger partial charge in [-0.25, -0.2) is 0 Å². The average molecular weight is 273 g/mol. The van der Waals surface area contributed by atoms with E-state index >= 15 is 0 Å². The Morgan fingerprint density at radius 2 is 2.25 bits per heavy atom. The monoisotopic (exact) mass is 273 g/mol.